The third kappa shape index (κ3) is 2.98. The maximum Gasteiger partial charge on any atom is 0.387 e. The van der Waals surface area contributed by atoms with Gasteiger partial charge in [-0.2, -0.15) is 17.2 Å². The maximum atomic E-state index is 12.5. The summed E-state index contributed by atoms with van der Waals surface area (Å²) in [7, 11) is -3.95. The van der Waals surface area contributed by atoms with Crippen LogP contribution in [0, 0.1) is 0 Å². The van der Waals surface area contributed by atoms with Gasteiger partial charge in [-0.1, -0.05) is 6.07 Å². The van der Waals surface area contributed by atoms with Crippen molar-refractivity contribution in [2.45, 2.75) is 25.4 Å². The number of hydroxylamine groups is 2. The molecule has 1 aliphatic heterocycles. The van der Waals surface area contributed by atoms with Crippen LogP contribution in [0.2, 0.25) is 0 Å². The third-order valence-electron chi connectivity index (χ3n) is 2.72. The van der Waals surface area contributed by atoms with Crippen LogP contribution in [0.1, 0.15) is 19.4 Å². The van der Waals surface area contributed by atoms with Crippen molar-refractivity contribution in [3.63, 3.8) is 0 Å². The number of amidine groups is 1. The molecule has 0 saturated carbocycles. The van der Waals surface area contributed by atoms with Gasteiger partial charge in [-0.3, -0.25) is 4.84 Å². The Morgan fingerprint density at radius 3 is 2.62 bits per heavy atom. The van der Waals surface area contributed by atoms with Crippen LogP contribution in [0.3, 0.4) is 0 Å². The number of hydrogen-bond donors (Lipinski definition) is 0. The fourth-order valence-corrected chi connectivity index (χ4v) is 3.19. The smallest absolute Gasteiger partial charge is 0.387 e. The quantitative estimate of drug-likeness (QED) is 0.776. The predicted octanol–water partition coefficient (Wildman–Crippen LogP) is 2.01. The van der Waals surface area contributed by atoms with Gasteiger partial charge in [0.05, 0.1) is 12.2 Å². The molecular formula is C12H14F2N2O4S. The van der Waals surface area contributed by atoms with Crippen molar-refractivity contribution in [2.75, 3.05) is 13.2 Å². The summed E-state index contributed by atoms with van der Waals surface area (Å²) >= 11 is 0. The SMILES string of the molecule is CCON(CC)C1=NS(=O)(=O)c2cccc(OC(F)F)c21. The largest absolute Gasteiger partial charge is 0.434 e. The van der Waals surface area contributed by atoms with E-state index in [1.165, 1.54) is 23.3 Å². The minimum atomic E-state index is -3.95. The van der Waals surface area contributed by atoms with Crippen molar-refractivity contribution in [3.8, 4) is 5.75 Å². The first-order chi connectivity index (χ1) is 9.90. The summed E-state index contributed by atoms with van der Waals surface area (Å²) in [5, 5.41) is 1.24. The number of alkyl halides is 2. The van der Waals surface area contributed by atoms with Gasteiger partial charge in [0.25, 0.3) is 10.0 Å². The number of halogens is 2. The molecule has 1 aliphatic rings. The van der Waals surface area contributed by atoms with Gasteiger partial charge in [-0.05, 0) is 26.0 Å². The number of benzene rings is 1. The lowest BCUT2D eigenvalue weighted by molar-refractivity contribution is -0.0894. The van der Waals surface area contributed by atoms with E-state index in [2.05, 4.69) is 9.13 Å². The highest BCUT2D eigenvalue weighted by molar-refractivity contribution is 7.90. The van der Waals surface area contributed by atoms with Crippen molar-refractivity contribution in [1.29, 1.82) is 0 Å². The average molecular weight is 320 g/mol. The molecule has 0 radical (unpaired) electrons. The number of ether oxygens (including phenoxy) is 1. The highest BCUT2D eigenvalue weighted by Gasteiger charge is 2.35. The summed E-state index contributed by atoms with van der Waals surface area (Å²) in [5.74, 6) is -0.300. The highest BCUT2D eigenvalue weighted by Crippen LogP contribution is 2.35. The van der Waals surface area contributed by atoms with Crippen LogP contribution in [0.25, 0.3) is 0 Å². The van der Waals surface area contributed by atoms with Crippen molar-refractivity contribution in [2.24, 2.45) is 4.40 Å². The summed E-state index contributed by atoms with van der Waals surface area (Å²) in [5.41, 5.74) is -0.00639. The van der Waals surface area contributed by atoms with Gasteiger partial charge >= 0.3 is 6.61 Å². The molecule has 116 valence electrons. The molecule has 21 heavy (non-hydrogen) atoms. The zero-order valence-electron chi connectivity index (χ0n) is 11.4. The molecule has 2 rings (SSSR count). The summed E-state index contributed by atoms with van der Waals surface area (Å²) in [6.07, 6.45) is 0. The van der Waals surface area contributed by atoms with E-state index in [1.54, 1.807) is 13.8 Å². The van der Waals surface area contributed by atoms with E-state index in [0.717, 1.165) is 0 Å². The lowest BCUT2D eigenvalue weighted by Gasteiger charge is -2.22. The van der Waals surface area contributed by atoms with Crippen LogP contribution in [0.5, 0.6) is 5.75 Å². The Morgan fingerprint density at radius 1 is 1.33 bits per heavy atom. The first-order valence-corrected chi connectivity index (χ1v) is 7.68. The summed E-state index contributed by atoms with van der Waals surface area (Å²) in [6.45, 7) is 0.947. The first kappa shape index (κ1) is 15.6. The number of fused-ring (bicyclic) bond motifs is 1. The molecule has 1 heterocycles. The molecule has 9 heteroatoms. The van der Waals surface area contributed by atoms with Crippen LogP contribution in [-0.2, 0) is 14.9 Å². The predicted molar refractivity (Wildman–Crippen MR) is 70.8 cm³/mol. The molecular weight excluding hydrogens is 306 g/mol. The molecule has 1 aromatic carbocycles. The van der Waals surface area contributed by atoms with Crippen molar-refractivity contribution >= 4 is 15.9 Å². The molecule has 0 atom stereocenters. The van der Waals surface area contributed by atoms with Crippen LogP contribution in [0.4, 0.5) is 8.78 Å². The zero-order chi connectivity index (χ0) is 15.6. The topological polar surface area (TPSA) is 68.2 Å². The van der Waals surface area contributed by atoms with E-state index in [1.807, 2.05) is 0 Å². The monoisotopic (exact) mass is 320 g/mol. The van der Waals surface area contributed by atoms with E-state index in [-0.39, 0.29) is 28.7 Å². The molecule has 1 aromatic rings. The Kier molecular flexibility index (Phi) is 4.43. The third-order valence-corrected chi connectivity index (χ3v) is 4.03. The van der Waals surface area contributed by atoms with E-state index >= 15 is 0 Å². The van der Waals surface area contributed by atoms with Crippen LogP contribution in [-0.4, -0.2) is 39.1 Å². The fourth-order valence-electron chi connectivity index (χ4n) is 1.98. The number of hydrogen-bond acceptors (Lipinski definition) is 5. The molecule has 0 saturated heterocycles. The van der Waals surface area contributed by atoms with Gasteiger partial charge in [-0.15, -0.1) is 4.40 Å². The first-order valence-electron chi connectivity index (χ1n) is 6.24. The van der Waals surface area contributed by atoms with Gasteiger partial charge in [0.1, 0.15) is 10.6 Å². The standard InChI is InChI=1S/C12H14F2N2O4S/c1-3-16(19-4-2)11-10-8(20-12(13)14)6-5-7-9(10)21(17,18)15-11/h5-7,12H,3-4H2,1-2H3. The number of rotatable bonds is 5. The Bertz CT molecular complexity index is 661. The van der Waals surface area contributed by atoms with E-state index in [0.29, 0.717) is 6.54 Å². The molecule has 0 fully saturated rings. The Morgan fingerprint density at radius 2 is 2.05 bits per heavy atom. The molecule has 0 spiro atoms. The van der Waals surface area contributed by atoms with Crippen LogP contribution >= 0.6 is 0 Å². The van der Waals surface area contributed by atoms with Crippen molar-refractivity contribution in [1.82, 2.24) is 5.06 Å². The van der Waals surface area contributed by atoms with Crippen molar-refractivity contribution < 1.29 is 26.8 Å². The van der Waals surface area contributed by atoms with Gasteiger partial charge in [0.2, 0.25) is 0 Å². The maximum absolute atomic E-state index is 12.5. The van der Waals surface area contributed by atoms with Gasteiger partial charge in [0.15, 0.2) is 5.84 Å². The lowest BCUT2D eigenvalue weighted by Crippen LogP contribution is -2.31. The van der Waals surface area contributed by atoms with Crippen molar-refractivity contribution in [3.05, 3.63) is 23.8 Å². The molecule has 0 aliphatic carbocycles. The van der Waals surface area contributed by atoms with Gasteiger partial charge in [0, 0.05) is 6.54 Å². The summed E-state index contributed by atoms with van der Waals surface area (Å²) < 4.78 is 57.0. The zero-order valence-corrected chi connectivity index (χ0v) is 12.2. The fraction of sp³-hybridized carbons (Fsp3) is 0.417. The highest BCUT2D eigenvalue weighted by atomic mass is 32.2. The minimum absolute atomic E-state index is 0.00639. The lowest BCUT2D eigenvalue weighted by atomic mass is 10.1. The second-order valence-electron chi connectivity index (χ2n) is 4.01. The van der Waals surface area contributed by atoms with Crippen LogP contribution in [0.15, 0.2) is 27.5 Å². The second-order valence-corrected chi connectivity index (χ2v) is 5.58. The Hall–Kier alpha value is -1.74. The Balaban J connectivity index is 2.58. The van der Waals surface area contributed by atoms with E-state index in [9.17, 15) is 17.2 Å². The summed E-state index contributed by atoms with van der Waals surface area (Å²) in [4.78, 5) is 5.11. The van der Waals surface area contributed by atoms with Gasteiger partial charge in [-0.25, -0.2) is 5.06 Å². The summed E-state index contributed by atoms with van der Waals surface area (Å²) in [6, 6.07) is 3.88. The number of sulfonamides is 1. The number of nitrogens with zero attached hydrogens (tertiary/aromatic N) is 2. The van der Waals surface area contributed by atoms with E-state index < -0.39 is 16.6 Å². The molecule has 6 nitrogen and oxygen atoms in total. The van der Waals surface area contributed by atoms with E-state index in [4.69, 9.17) is 4.84 Å². The Labute approximate surface area is 121 Å². The molecule has 0 bridgehead atoms. The normalized spacial score (nSPS) is 15.8. The average Bonchev–Trinajstić information content (AvgIpc) is 2.68. The molecule has 0 unspecified atom stereocenters. The van der Waals surface area contributed by atoms with Crippen LogP contribution < -0.4 is 4.74 Å². The minimum Gasteiger partial charge on any atom is -0.434 e. The molecule has 0 N–H and O–H groups in total. The second kappa shape index (κ2) is 5.94. The molecule has 0 amide bonds. The molecule has 0 aromatic heterocycles. The van der Waals surface area contributed by atoms with Gasteiger partial charge < -0.3 is 4.74 Å².